The lowest BCUT2D eigenvalue weighted by Crippen LogP contribution is -2.57. The van der Waals surface area contributed by atoms with Gasteiger partial charge in [0.25, 0.3) is 0 Å². The molecule has 0 bridgehead atoms. The number of rotatable bonds is 4. The predicted octanol–water partition coefficient (Wildman–Crippen LogP) is 4.42. The molecular formula is C23H34N2O. The number of benzene rings is 1. The average Bonchev–Trinajstić information content (AvgIpc) is 2.60. The molecule has 1 aromatic rings. The number of likely N-dealkylation sites (tertiary alicyclic amines) is 1. The van der Waals surface area contributed by atoms with E-state index in [9.17, 15) is 4.79 Å². The van der Waals surface area contributed by atoms with Gasteiger partial charge in [-0.3, -0.25) is 4.79 Å². The molecule has 3 heteroatoms. The van der Waals surface area contributed by atoms with Crippen LogP contribution >= 0.6 is 0 Å². The zero-order valence-corrected chi connectivity index (χ0v) is 16.5. The van der Waals surface area contributed by atoms with Gasteiger partial charge in [0.05, 0.1) is 0 Å². The van der Waals surface area contributed by atoms with Crippen molar-refractivity contribution in [2.45, 2.75) is 76.7 Å². The van der Waals surface area contributed by atoms with E-state index in [2.05, 4.69) is 30.9 Å². The van der Waals surface area contributed by atoms with E-state index in [4.69, 9.17) is 5.73 Å². The van der Waals surface area contributed by atoms with E-state index in [1.807, 2.05) is 6.07 Å². The minimum Gasteiger partial charge on any atom is -0.366 e. The van der Waals surface area contributed by atoms with Gasteiger partial charge in [-0.15, -0.1) is 0 Å². The second kappa shape index (κ2) is 6.99. The number of hydrogen-bond acceptors (Lipinski definition) is 2. The number of fused-ring (bicyclic) bond motifs is 1. The molecular weight excluding hydrogens is 320 g/mol. The van der Waals surface area contributed by atoms with Crippen molar-refractivity contribution in [1.29, 1.82) is 0 Å². The largest absolute Gasteiger partial charge is 0.366 e. The van der Waals surface area contributed by atoms with Crippen molar-refractivity contribution in [3.63, 3.8) is 0 Å². The first-order valence-corrected chi connectivity index (χ1v) is 10.7. The van der Waals surface area contributed by atoms with Crippen LogP contribution in [0.2, 0.25) is 0 Å². The van der Waals surface area contributed by atoms with Gasteiger partial charge >= 0.3 is 0 Å². The summed E-state index contributed by atoms with van der Waals surface area (Å²) >= 11 is 0. The summed E-state index contributed by atoms with van der Waals surface area (Å²) in [6.45, 7) is 7.18. The van der Waals surface area contributed by atoms with Crippen LogP contribution in [0.25, 0.3) is 0 Å². The summed E-state index contributed by atoms with van der Waals surface area (Å²) in [5.74, 6) is 1.34. The van der Waals surface area contributed by atoms with Crippen LogP contribution < -0.4 is 5.73 Å². The molecule has 3 fully saturated rings. The third-order valence-electron chi connectivity index (χ3n) is 7.88. The topological polar surface area (TPSA) is 46.3 Å². The quantitative estimate of drug-likeness (QED) is 0.870. The van der Waals surface area contributed by atoms with Crippen LogP contribution in [0.5, 0.6) is 0 Å². The zero-order valence-electron chi connectivity index (χ0n) is 16.5. The molecule has 142 valence electrons. The Hall–Kier alpha value is -1.35. The van der Waals surface area contributed by atoms with Gasteiger partial charge in [0.2, 0.25) is 5.91 Å². The summed E-state index contributed by atoms with van der Waals surface area (Å²) < 4.78 is 0. The van der Waals surface area contributed by atoms with Gasteiger partial charge < -0.3 is 10.6 Å². The minimum atomic E-state index is -0.300. The van der Waals surface area contributed by atoms with Crippen LogP contribution in [0.1, 0.15) is 79.8 Å². The van der Waals surface area contributed by atoms with Crippen molar-refractivity contribution in [3.05, 3.63) is 34.9 Å². The van der Waals surface area contributed by atoms with Crippen LogP contribution in [-0.2, 0) is 5.41 Å². The molecule has 1 saturated heterocycles. The van der Waals surface area contributed by atoms with Gasteiger partial charge in [-0.2, -0.15) is 0 Å². The van der Waals surface area contributed by atoms with E-state index in [0.29, 0.717) is 17.5 Å². The number of carbonyl (C=O) groups excluding carboxylic acids is 1. The third-order valence-corrected chi connectivity index (χ3v) is 7.88. The predicted molar refractivity (Wildman–Crippen MR) is 106 cm³/mol. The fourth-order valence-corrected chi connectivity index (χ4v) is 6.13. The van der Waals surface area contributed by atoms with Crippen molar-refractivity contribution < 1.29 is 4.79 Å². The van der Waals surface area contributed by atoms with Crippen molar-refractivity contribution in [2.75, 3.05) is 13.1 Å². The first-order chi connectivity index (χ1) is 12.5. The van der Waals surface area contributed by atoms with Crippen LogP contribution in [0.4, 0.5) is 0 Å². The SMILES string of the molecule is Cc1ccc(C(N)=O)cc1C12CCCCC1[C@@H](C)N(CC1CCC1)CC2. The maximum atomic E-state index is 11.8. The fraction of sp³-hybridized carbons (Fsp3) is 0.696. The van der Waals surface area contributed by atoms with E-state index in [0.717, 1.165) is 5.92 Å². The molecule has 0 spiro atoms. The molecule has 1 aliphatic heterocycles. The van der Waals surface area contributed by atoms with Crippen LogP contribution in [0.15, 0.2) is 18.2 Å². The van der Waals surface area contributed by atoms with Crippen LogP contribution in [-0.4, -0.2) is 29.9 Å². The molecule has 4 rings (SSSR count). The Kier molecular flexibility index (Phi) is 4.85. The number of nitrogens with zero attached hydrogens (tertiary/aromatic N) is 1. The first kappa shape index (κ1) is 18.0. The molecule has 1 aromatic carbocycles. The van der Waals surface area contributed by atoms with Crippen molar-refractivity contribution in [1.82, 2.24) is 4.90 Å². The summed E-state index contributed by atoms with van der Waals surface area (Å²) in [5.41, 5.74) is 9.27. The highest BCUT2D eigenvalue weighted by Gasteiger charge is 2.49. The summed E-state index contributed by atoms with van der Waals surface area (Å²) in [5, 5.41) is 0. The van der Waals surface area contributed by atoms with Gasteiger partial charge in [-0.1, -0.05) is 25.3 Å². The number of piperidine rings is 1. The Morgan fingerprint density at radius 1 is 1.19 bits per heavy atom. The number of primary amides is 1. The maximum absolute atomic E-state index is 11.8. The highest BCUT2D eigenvalue weighted by molar-refractivity contribution is 5.93. The normalized spacial score (nSPS) is 32.7. The van der Waals surface area contributed by atoms with Crippen molar-refractivity contribution >= 4 is 5.91 Å². The van der Waals surface area contributed by atoms with Gasteiger partial charge in [-0.25, -0.2) is 0 Å². The minimum absolute atomic E-state index is 0.239. The second-order valence-corrected chi connectivity index (χ2v) is 9.18. The molecule has 26 heavy (non-hydrogen) atoms. The van der Waals surface area contributed by atoms with Gasteiger partial charge in [-0.05, 0) is 87.6 Å². The molecule has 2 N–H and O–H groups in total. The number of aryl methyl sites for hydroxylation is 1. The van der Waals surface area contributed by atoms with E-state index in [-0.39, 0.29) is 11.3 Å². The lowest BCUT2D eigenvalue weighted by atomic mass is 9.56. The van der Waals surface area contributed by atoms with Crippen molar-refractivity contribution in [3.8, 4) is 0 Å². The monoisotopic (exact) mass is 354 g/mol. The molecule has 2 aliphatic carbocycles. The Labute approximate surface area is 158 Å². The highest BCUT2D eigenvalue weighted by Crippen LogP contribution is 2.52. The Bertz CT molecular complexity index is 681. The molecule has 2 saturated carbocycles. The van der Waals surface area contributed by atoms with Crippen LogP contribution in [0, 0.1) is 18.8 Å². The molecule has 2 unspecified atom stereocenters. The number of nitrogens with two attached hydrogens (primary N) is 1. The third kappa shape index (κ3) is 2.98. The fourth-order valence-electron chi connectivity index (χ4n) is 6.13. The van der Waals surface area contributed by atoms with E-state index >= 15 is 0 Å². The summed E-state index contributed by atoms with van der Waals surface area (Å²) in [7, 11) is 0. The van der Waals surface area contributed by atoms with Crippen molar-refractivity contribution in [2.24, 2.45) is 17.6 Å². The first-order valence-electron chi connectivity index (χ1n) is 10.7. The molecule has 3 atom stereocenters. The van der Waals surface area contributed by atoms with Gasteiger partial charge in [0, 0.05) is 23.6 Å². The van der Waals surface area contributed by atoms with E-state index < -0.39 is 0 Å². The zero-order chi connectivity index (χ0) is 18.3. The van der Waals surface area contributed by atoms with Gasteiger partial charge in [0.1, 0.15) is 0 Å². The lowest BCUT2D eigenvalue weighted by Gasteiger charge is -2.56. The molecule has 1 heterocycles. The van der Waals surface area contributed by atoms with Gasteiger partial charge in [0.15, 0.2) is 0 Å². The molecule has 3 nitrogen and oxygen atoms in total. The number of amides is 1. The number of carbonyl (C=O) groups is 1. The molecule has 3 aliphatic rings. The Balaban J connectivity index is 1.67. The Morgan fingerprint density at radius 2 is 2.00 bits per heavy atom. The standard InChI is InChI=1S/C23H34N2O/c1-16-9-10-19(22(24)26)14-21(16)23-11-4-3-8-20(23)17(2)25(13-12-23)15-18-6-5-7-18/h9-10,14,17-18,20H,3-8,11-13,15H2,1-2H3,(H2,24,26)/t17-,20?,23?/m1/s1. The maximum Gasteiger partial charge on any atom is 0.248 e. The smallest absolute Gasteiger partial charge is 0.248 e. The Morgan fingerprint density at radius 3 is 2.69 bits per heavy atom. The molecule has 0 radical (unpaired) electrons. The summed E-state index contributed by atoms with van der Waals surface area (Å²) in [6, 6.07) is 6.78. The van der Waals surface area contributed by atoms with E-state index in [1.165, 1.54) is 75.6 Å². The number of hydrogen-bond donors (Lipinski definition) is 1. The highest BCUT2D eigenvalue weighted by atomic mass is 16.1. The summed E-state index contributed by atoms with van der Waals surface area (Å²) in [6.07, 6.45) is 10.8. The average molecular weight is 355 g/mol. The second-order valence-electron chi connectivity index (χ2n) is 9.18. The van der Waals surface area contributed by atoms with Crippen LogP contribution in [0.3, 0.4) is 0 Å². The lowest BCUT2D eigenvalue weighted by molar-refractivity contribution is -0.00653. The van der Waals surface area contributed by atoms with E-state index in [1.54, 1.807) is 0 Å². The molecule has 1 amide bonds. The molecule has 0 aromatic heterocycles. The summed E-state index contributed by atoms with van der Waals surface area (Å²) in [4.78, 5) is 14.6.